The van der Waals surface area contributed by atoms with Crippen LogP contribution in [0, 0.1) is 0 Å². The van der Waals surface area contributed by atoms with Crippen molar-refractivity contribution in [1.29, 1.82) is 0 Å². The molecule has 1 N–H and O–H groups in total. The number of rotatable bonds is 4. The van der Waals surface area contributed by atoms with Crippen LogP contribution in [0.25, 0.3) is 5.69 Å². The van der Waals surface area contributed by atoms with E-state index >= 15 is 0 Å². The number of likely N-dealkylation sites (N-methyl/N-ethyl adjacent to an activating group) is 1. The molecule has 4 rings (SSSR count). The van der Waals surface area contributed by atoms with E-state index in [0.29, 0.717) is 5.82 Å². The third kappa shape index (κ3) is 3.93. The molecule has 0 bridgehead atoms. The van der Waals surface area contributed by atoms with Gasteiger partial charge in [-0.3, -0.25) is 4.79 Å². The van der Waals surface area contributed by atoms with Crippen molar-refractivity contribution in [3.05, 3.63) is 54.6 Å². The van der Waals surface area contributed by atoms with Crippen LogP contribution < -0.4 is 10.2 Å². The zero-order valence-corrected chi connectivity index (χ0v) is 15.0. The summed E-state index contributed by atoms with van der Waals surface area (Å²) < 4.78 is 0. The Labute approximate surface area is 156 Å². The van der Waals surface area contributed by atoms with Gasteiger partial charge in [-0.2, -0.15) is 9.90 Å². The van der Waals surface area contributed by atoms with Gasteiger partial charge < -0.3 is 15.1 Å². The lowest BCUT2D eigenvalue weighted by atomic mass is 10.3. The van der Waals surface area contributed by atoms with Gasteiger partial charge in [0.15, 0.2) is 5.69 Å². The minimum atomic E-state index is -0.361. The Morgan fingerprint density at radius 1 is 1.07 bits per heavy atom. The van der Waals surface area contributed by atoms with Gasteiger partial charge in [0.05, 0.1) is 11.9 Å². The largest absolute Gasteiger partial charge is 0.354 e. The molecule has 1 amide bonds. The second kappa shape index (κ2) is 7.50. The number of piperazine rings is 1. The quantitative estimate of drug-likeness (QED) is 0.740. The number of nitrogens with zero attached hydrogens (tertiary/aromatic N) is 7. The second-order valence-electron chi connectivity index (χ2n) is 6.36. The molecular weight excluding hydrogens is 344 g/mol. The molecule has 1 fully saturated rings. The van der Waals surface area contributed by atoms with Crippen LogP contribution in [0.2, 0.25) is 0 Å². The molecule has 138 valence electrons. The Balaban J connectivity index is 1.46. The number of carbonyl (C=O) groups excluding carboxylic acids is 1. The Morgan fingerprint density at radius 3 is 2.63 bits per heavy atom. The third-order valence-corrected chi connectivity index (χ3v) is 4.43. The summed E-state index contributed by atoms with van der Waals surface area (Å²) in [5, 5.41) is 11.1. The van der Waals surface area contributed by atoms with E-state index in [4.69, 9.17) is 0 Å². The van der Waals surface area contributed by atoms with Crippen molar-refractivity contribution >= 4 is 17.5 Å². The van der Waals surface area contributed by atoms with Gasteiger partial charge in [0.2, 0.25) is 0 Å². The second-order valence-corrected chi connectivity index (χ2v) is 6.36. The first-order valence-electron chi connectivity index (χ1n) is 8.74. The molecule has 9 nitrogen and oxygen atoms in total. The van der Waals surface area contributed by atoms with Crippen LogP contribution in [0.3, 0.4) is 0 Å². The summed E-state index contributed by atoms with van der Waals surface area (Å²) in [6, 6.07) is 11.2. The zero-order valence-electron chi connectivity index (χ0n) is 15.0. The Bertz CT molecular complexity index is 918. The summed E-state index contributed by atoms with van der Waals surface area (Å²) in [5.74, 6) is 0.889. The fourth-order valence-electron chi connectivity index (χ4n) is 2.86. The molecule has 27 heavy (non-hydrogen) atoms. The average molecular weight is 364 g/mol. The van der Waals surface area contributed by atoms with E-state index in [9.17, 15) is 4.79 Å². The number of hydrogen-bond donors (Lipinski definition) is 1. The molecule has 0 spiro atoms. The fourth-order valence-corrected chi connectivity index (χ4v) is 2.86. The Kier molecular flexibility index (Phi) is 4.75. The van der Waals surface area contributed by atoms with Crippen molar-refractivity contribution in [3.63, 3.8) is 0 Å². The Hall–Kier alpha value is -3.33. The van der Waals surface area contributed by atoms with E-state index in [2.05, 4.69) is 42.3 Å². The smallest absolute Gasteiger partial charge is 0.279 e. The fraction of sp³-hybridized carbons (Fsp3) is 0.278. The van der Waals surface area contributed by atoms with E-state index < -0.39 is 0 Å². The van der Waals surface area contributed by atoms with Gasteiger partial charge in [-0.15, -0.1) is 5.10 Å². The minimum absolute atomic E-state index is 0.221. The molecule has 1 aliphatic heterocycles. The first kappa shape index (κ1) is 17.1. The first-order valence-corrected chi connectivity index (χ1v) is 8.74. The summed E-state index contributed by atoms with van der Waals surface area (Å²) in [7, 11) is 2.10. The van der Waals surface area contributed by atoms with E-state index in [1.807, 2.05) is 30.3 Å². The van der Waals surface area contributed by atoms with Gasteiger partial charge in [0.1, 0.15) is 18.0 Å². The summed E-state index contributed by atoms with van der Waals surface area (Å²) >= 11 is 0. The van der Waals surface area contributed by atoms with Crippen molar-refractivity contribution < 1.29 is 4.79 Å². The van der Waals surface area contributed by atoms with Crippen molar-refractivity contribution in [3.8, 4) is 5.69 Å². The molecule has 0 unspecified atom stereocenters. The summed E-state index contributed by atoms with van der Waals surface area (Å²) in [6.07, 6.45) is 2.90. The lowest BCUT2D eigenvalue weighted by molar-refractivity contribution is 0.102. The van der Waals surface area contributed by atoms with Crippen LogP contribution >= 0.6 is 0 Å². The number of nitrogens with one attached hydrogen (secondary N) is 1. The highest BCUT2D eigenvalue weighted by Crippen LogP contribution is 2.16. The van der Waals surface area contributed by atoms with Crippen molar-refractivity contribution in [2.24, 2.45) is 0 Å². The van der Waals surface area contributed by atoms with Gasteiger partial charge in [-0.25, -0.2) is 9.97 Å². The number of aromatic nitrogens is 5. The van der Waals surface area contributed by atoms with Gasteiger partial charge in [-0.05, 0) is 19.2 Å². The number of amides is 1. The summed E-state index contributed by atoms with van der Waals surface area (Å²) in [5.41, 5.74) is 1.01. The number of carbonyl (C=O) groups is 1. The number of para-hydroxylation sites is 1. The lowest BCUT2D eigenvalue weighted by Gasteiger charge is -2.33. The van der Waals surface area contributed by atoms with Crippen LogP contribution in [0.5, 0.6) is 0 Å². The topological polar surface area (TPSA) is 92.1 Å². The molecule has 1 saturated heterocycles. The number of hydrogen-bond acceptors (Lipinski definition) is 7. The predicted octanol–water partition coefficient (Wildman–Crippen LogP) is 1.06. The molecule has 9 heteroatoms. The maximum Gasteiger partial charge on any atom is 0.279 e. The van der Waals surface area contributed by atoms with Gasteiger partial charge in [0, 0.05) is 32.2 Å². The van der Waals surface area contributed by atoms with Gasteiger partial charge in [0.25, 0.3) is 5.91 Å². The molecular formula is C18H20N8O. The van der Waals surface area contributed by atoms with E-state index in [1.165, 1.54) is 17.3 Å². The molecule has 1 aliphatic rings. The predicted molar refractivity (Wildman–Crippen MR) is 101 cm³/mol. The SMILES string of the molecule is CN1CCN(c2cc(NC(=O)c3cnn(-c4ccccc4)n3)ncn2)CC1. The zero-order chi connectivity index (χ0) is 18.6. The van der Waals surface area contributed by atoms with Crippen LogP contribution in [-0.4, -0.2) is 69.0 Å². The molecule has 3 heterocycles. The molecule has 2 aromatic heterocycles. The normalized spacial score (nSPS) is 14.9. The maximum atomic E-state index is 12.5. The van der Waals surface area contributed by atoms with Crippen LogP contribution in [0.1, 0.15) is 10.5 Å². The van der Waals surface area contributed by atoms with Crippen LogP contribution in [-0.2, 0) is 0 Å². The third-order valence-electron chi connectivity index (χ3n) is 4.43. The highest BCUT2D eigenvalue weighted by molar-refractivity contribution is 6.02. The van der Waals surface area contributed by atoms with Crippen LogP contribution in [0.4, 0.5) is 11.6 Å². The summed E-state index contributed by atoms with van der Waals surface area (Å²) in [6.45, 7) is 3.75. The van der Waals surface area contributed by atoms with Gasteiger partial charge in [-0.1, -0.05) is 18.2 Å². The average Bonchev–Trinajstić information content (AvgIpc) is 3.20. The monoisotopic (exact) mass is 364 g/mol. The minimum Gasteiger partial charge on any atom is -0.354 e. The standard InChI is InChI=1S/C18H20N8O/c1-24-7-9-25(10-8-24)17-11-16(19-13-20-17)22-18(27)15-12-21-26(23-15)14-5-3-2-4-6-14/h2-6,11-13H,7-10H2,1H3,(H,19,20,22,27). The van der Waals surface area contributed by atoms with Crippen LogP contribution in [0.15, 0.2) is 48.9 Å². The maximum absolute atomic E-state index is 12.5. The number of anilines is 2. The first-order chi connectivity index (χ1) is 13.2. The van der Waals surface area contributed by atoms with Crippen molar-refractivity contribution in [1.82, 2.24) is 29.9 Å². The summed E-state index contributed by atoms with van der Waals surface area (Å²) in [4.78, 5) is 26.8. The molecule has 0 atom stereocenters. The van der Waals surface area contributed by atoms with Crippen molar-refractivity contribution in [2.45, 2.75) is 0 Å². The van der Waals surface area contributed by atoms with Crippen molar-refractivity contribution in [2.75, 3.05) is 43.4 Å². The molecule has 0 radical (unpaired) electrons. The van der Waals surface area contributed by atoms with E-state index in [-0.39, 0.29) is 11.6 Å². The molecule has 0 saturated carbocycles. The molecule has 0 aliphatic carbocycles. The molecule has 3 aromatic rings. The highest BCUT2D eigenvalue weighted by atomic mass is 16.2. The van der Waals surface area contributed by atoms with E-state index in [0.717, 1.165) is 37.7 Å². The van der Waals surface area contributed by atoms with Gasteiger partial charge >= 0.3 is 0 Å². The Morgan fingerprint density at radius 2 is 1.85 bits per heavy atom. The van der Waals surface area contributed by atoms with E-state index in [1.54, 1.807) is 6.07 Å². The molecule has 1 aromatic carbocycles. The highest BCUT2D eigenvalue weighted by Gasteiger charge is 2.17. The number of benzene rings is 1. The lowest BCUT2D eigenvalue weighted by Crippen LogP contribution is -2.44.